The molecule has 3 aromatic carbocycles. The maximum atomic E-state index is 13.3. The Bertz CT molecular complexity index is 1670. The number of nitrogens with one attached hydrogen (secondary N) is 4. The summed E-state index contributed by atoms with van der Waals surface area (Å²) < 4.78 is 51.5. The topological polar surface area (TPSA) is 135 Å². The summed E-state index contributed by atoms with van der Waals surface area (Å²) in [5.41, 5.74) is 0.861. The number of H-pyrrole nitrogens is 1. The van der Waals surface area contributed by atoms with E-state index < -0.39 is 23.9 Å². The Morgan fingerprint density at radius 2 is 1.73 bits per heavy atom. The third-order valence-electron chi connectivity index (χ3n) is 5.53. The molecule has 40 heavy (non-hydrogen) atoms. The average molecular weight is 551 g/mol. The monoisotopic (exact) mass is 551 g/mol. The van der Waals surface area contributed by atoms with Crippen LogP contribution in [0.15, 0.2) is 79.1 Å². The van der Waals surface area contributed by atoms with Crippen molar-refractivity contribution in [1.82, 2.24) is 19.7 Å². The van der Waals surface area contributed by atoms with Gasteiger partial charge in [-0.15, -0.1) is 0 Å². The van der Waals surface area contributed by atoms with Crippen molar-refractivity contribution in [3.8, 4) is 17.2 Å². The number of aromatic nitrogens is 4. The lowest BCUT2D eigenvalue weighted by atomic mass is 10.1. The number of urea groups is 1. The van der Waals surface area contributed by atoms with Gasteiger partial charge >= 0.3 is 18.3 Å². The number of alkyl halides is 3. The Labute approximate surface area is 223 Å². The van der Waals surface area contributed by atoms with Crippen molar-refractivity contribution in [2.24, 2.45) is 0 Å². The minimum atomic E-state index is -4.59. The van der Waals surface area contributed by atoms with Crippen LogP contribution in [0.2, 0.25) is 0 Å². The number of rotatable bonds is 6. The van der Waals surface area contributed by atoms with E-state index in [1.165, 1.54) is 24.1 Å². The number of aromatic amines is 1. The molecule has 5 rings (SSSR count). The summed E-state index contributed by atoms with van der Waals surface area (Å²) in [7, 11) is 1.24. The molecule has 0 fully saturated rings. The second-order valence-electron chi connectivity index (χ2n) is 8.27. The normalized spacial score (nSPS) is 11.2. The SMILES string of the molecule is COC(=O)Nc1nc2cc(Oc3ccc(NC(=O)Nc4cc(C(F)(F)F)ccc4-n4cccn4)cc3)ccc2[nH]1. The lowest BCUT2D eigenvalue weighted by Gasteiger charge is -2.15. The first-order chi connectivity index (χ1) is 19.2. The molecular weight excluding hydrogens is 531 g/mol. The quantitative estimate of drug-likeness (QED) is 0.193. The number of ether oxygens (including phenoxy) is 2. The van der Waals surface area contributed by atoms with E-state index in [1.54, 1.807) is 54.7 Å². The Morgan fingerprint density at radius 3 is 2.42 bits per heavy atom. The molecule has 0 bridgehead atoms. The number of carbonyl (C=O) groups is 2. The van der Waals surface area contributed by atoms with Crippen molar-refractivity contribution in [3.63, 3.8) is 0 Å². The highest BCUT2D eigenvalue weighted by Gasteiger charge is 2.31. The Balaban J connectivity index is 1.26. The maximum Gasteiger partial charge on any atom is 0.416 e. The van der Waals surface area contributed by atoms with Crippen LogP contribution in [0.5, 0.6) is 11.5 Å². The van der Waals surface area contributed by atoms with Crippen molar-refractivity contribution in [1.29, 1.82) is 0 Å². The number of anilines is 3. The molecule has 0 radical (unpaired) electrons. The molecule has 0 aliphatic heterocycles. The molecule has 0 spiro atoms. The molecule has 11 nitrogen and oxygen atoms in total. The summed E-state index contributed by atoms with van der Waals surface area (Å²) in [6.45, 7) is 0. The molecule has 0 atom stereocenters. The van der Waals surface area contributed by atoms with Gasteiger partial charge in [0.2, 0.25) is 5.95 Å². The molecular formula is C26H20F3N7O4. The fourth-order valence-electron chi connectivity index (χ4n) is 3.71. The van der Waals surface area contributed by atoms with E-state index in [2.05, 4.69) is 35.8 Å². The van der Waals surface area contributed by atoms with Crippen LogP contribution in [-0.2, 0) is 10.9 Å². The van der Waals surface area contributed by atoms with E-state index in [0.29, 0.717) is 28.2 Å². The van der Waals surface area contributed by atoms with Crippen LogP contribution >= 0.6 is 0 Å². The van der Waals surface area contributed by atoms with E-state index in [0.717, 1.165) is 12.1 Å². The minimum Gasteiger partial charge on any atom is -0.457 e. The molecule has 0 aliphatic carbocycles. The third-order valence-corrected chi connectivity index (χ3v) is 5.53. The first kappa shape index (κ1) is 26.1. The molecule has 4 N–H and O–H groups in total. The summed E-state index contributed by atoms with van der Waals surface area (Å²) in [6.07, 6.45) is -2.23. The van der Waals surface area contributed by atoms with E-state index in [-0.39, 0.29) is 17.3 Å². The molecule has 0 aliphatic rings. The highest BCUT2D eigenvalue weighted by molar-refractivity contribution is 6.01. The largest absolute Gasteiger partial charge is 0.457 e. The number of halogens is 3. The number of hydrogen-bond donors (Lipinski definition) is 4. The van der Waals surface area contributed by atoms with Crippen molar-refractivity contribution in [2.45, 2.75) is 6.18 Å². The lowest BCUT2D eigenvalue weighted by molar-refractivity contribution is -0.137. The van der Waals surface area contributed by atoms with Crippen LogP contribution in [0.3, 0.4) is 0 Å². The van der Waals surface area contributed by atoms with Gasteiger partial charge in [0.25, 0.3) is 0 Å². The van der Waals surface area contributed by atoms with Crippen molar-refractivity contribution in [2.75, 3.05) is 23.1 Å². The highest BCUT2D eigenvalue weighted by Crippen LogP contribution is 2.33. The van der Waals surface area contributed by atoms with Gasteiger partial charge in [-0.3, -0.25) is 5.32 Å². The van der Waals surface area contributed by atoms with Gasteiger partial charge in [-0.05, 0) is 60.7 Å². The van der Waals surface area contributed by atoms with Gasteiger partial charge in [0.05, 0.1) is 35.1 Å². The molecule has 14 heteroatoms. The number of methoxy groups -OCH3 is 1. The molecule has 3 amide bonds. The summed E-state index contributed by atoms with van der Waals surface area (Å²) in [5.74, 6) is 1.14. The van der Waals surface area contributed by atoms with E-state index in [1.807, 2.05) is 0 Å². The number of imidazole rings is 1. The molecule has 0 saturated carbocycles. The van der Waals surface area contributed by atoms with Gasteiger partial charge in [-0.2, -0.15) is 18.3 Å². The van der Waals surface area contributed by atoms with E-state index >= 15 is 0 Å². The van der Waals surface area contributed by atoms with E-state index in [4.69, 9.17) is 4.74 Å². The Kier molecular flexibility index (Phi) is 6.97. The van der Waals surface area contributed by atoms with Crippen molar-refractivity contribution >= 4 is 40.5 Å². The predicted octanol–water partition coefficient (Wildman–Crippen LogP) is 6.38. The number of carbonyl (C=O) groups excluding carboxylic acids is 2. The van der Waals surface area contributed by atoms with Crippen LogP contribution in [0.25, 0.3) is 16.7 Å². The lowest BCUT2D eigenvalue weighted by Crippen LogP contribution is -2.21. The number of hydrogen-bond acceptors (Lipinski definition) is 6. The van der Waals surface area contributed by atoms with Crippen LogP contribution in [0.1, 0.15) is 5.56 Å². The summed E-state index contributed by atoms with van der Waals surface area (Å²) in [6, 6.07) is 15.3. The van der Waals surface area contributed by atoms with Crippen LogP contribution in [0.4, 0.5) is 40.1 Å². The van der Waals surface area contributed by atoms with Gasteiger partial charge in [-0.25, -0.2) is 19.3 Å². The molecule has 0 unspecified atom stereocenters. The minimum absolute atomic E-state index is 0.0744. The number of amides is 3. The number of fused-ring (bicyclic) bond motifs is 1. The van der Waals surface area contributed by atoms with Gasteiger partial charge in [0, 0.05) is 24.1 Å². The van der Waals surface area contributed by atoms with Crippen LogP contribution in [0, 0.1) is 0 Å². The fraction of sp³-hybridized carbons (Fsp3) is 0.0769. The van der Waals surface area contributed by atoms with E-state index in [9.17, 15) is 22.8 Å². The highest BCUT2D eigenvalue weighted by atomic mass is 19.4. The van der Waals surface area contributed by atoms with Gasteiger partial charge < -0.3 is 25.1 Å². The predicted molar refractivity (Wildman–Crippen MR) is 140 cm³/mol. The molecule has 2 heterocycles. The van der Waals surface area contributed by atoms with Gasteiger partial charge in [0.1, 0.15) is 11.5 Å². The first-order valence-corrected chi connectivity index (χ1v) is 11.6. The summed E-state index contributed by atoms with van der Waals surface area (Å²) in [5, 5.41) is 11.5. The van der Waals surface area contributed by atoms with Gasteiger partial charge in [0.15, 0.2) is 0 Å². The van der Waals surface area contributed by atoms with Crippen molar-refractivity contribution in [3.05, 3.63) is 84.7 Å². The zero-order chi connectivity index (χ0) is 28.3. The van der Waals surface area contributed by atoms with Crippen LogP contribution < -0.4 is 20.7 Å². The second-order valence-corrected chi connectivity index (χ2v) is 8.27. The molecule has 0 saturated heterocycles. The zero-order valence-electron chi connectivity index (χ0n) is 20.6. The van der Waals surface area contributed by atoms with Crippen LogP contribution in [-0.4, -0.2) is 39.0 Å². The average Bonchev–Trinajstić information content (AvgIpc) is 3.59. The van der Waals surface area contributed by atoms with Crippen molar-refractivity contribution < 1.29 is 32.2 Å². The summed E-state index contributed by atoms with van der Waals surface area (Å²) >= 11 is 0. The smallest absolute Gasteiger partial charge is 0.416 e. The first-order valence-electron chi connectivity index (χ1n) is 11.6. The standard InChI is InChI=1S/C26H20F3N7O4/c1-39-25(38)35-23-32-19-9-8-18(14-20(19)33-23)40-17-6-4-16(5-7-17)31-24(37)34-21-13-15(26(27,28)29)3-10-22(21)36-12-2-11-30-36/h2-14H,1H3,(H2,31,34,37)(H2,32,33,35,38). The fourth-order valence-corrected chi connectivity index (χ4v) is 3.71. The number of nitrogens with zero attached hydrogens (tertiary/aromatic N) is 3. The molecule has 204 valence electrons. The molecule has 5 aromatic rings. The Morgan fingerprint density at radius 1 is 0.950 bits per heavy atom. The number of benzene rings is 3. The maximum absolute atomic E-state index is 13.3. The zero-order valence-corrected chi connectivity index (χ0v) is 20.6. The summed E-state index contributed by atoms with van der Waals surface area (Å²) in [4.78, 5) is 31.2. The molecule has 2 aromatic heterocycles. The Hall–Kier alpha value is -5.53. The third kappa shape index (κ3) is 5.96. The second kappa shape index (κ2) is 10.7. The van der Waals surface area contributed by atoms with Gasteiger partial charge in [-0.1, -0.05) is 0 Å².